The largest absolute Gasteiger partial charge is 0.373 e. The maximum absolute atomic E-state index is 5.85. The van der Waals surface area contributed by atoms with Crippen LogP contribution >= 0.6 is 15.9 Å². The van der Waals surface area contributed by atoms with Crippen molar-refractivity contribution in [3.63, 3.8) is 0 Å². The van der Waals surface area contributed by atoms with Gasteiger partial charge in [-0.2, -0.15) is 0 Å². The van der Waals surface area contributed by atoms with Crippen LogP contribution in [0.2, 0.25) is 0 Å². The Morgan fingerprint density at radius 1 is 1.20 bits per heavy atom. The highest BCUT2D eigenvalue weighted by atomic mass is 79.9. The summed E-state index contributed by atoms with van der Waals surface area (Å²) < 4.78 is 6.97. The van der Waals surface area contributed by atoms with Crippen LogP contribution in [0.25, 0.3) is 0 Å². The quantitative estimate of drug-likeness (QED) is 0.911. The van der Waals surface area contributed by atoms with Crippen molar-refractivity contribution in [2.24, 2.45) is 0 Å². The number of rotatable bonds is 3. The molecule has 0 amide bonds. The van der Waals surface area contributed by atoms with Crippen LogP contribution in [-0.4, -0.2) is 19.2 Å². The van der Waals surface area contributed by atoms with Crippen molar-refractivity contribution >= 4 is 15.9 Å². The third kappa shape index (κ3) is 3.59. The summed E-state index contributed by atoms with van der Waals surface area (Å²) in [4.78, 5) is 0. The summed E-state index contributed by atoms with van der Waals surface area (Å²) >= 11 is 3.42. The molecule has 0 unspecified atom stereocenters. The van der Waals surface area contributed by atoms with Crippen LogP contribution in [0.5, 0.6) is 0 Å². The van der Waals surface area contributed by atoms with Gasteiger partial charge in [0.2, 0.25) is 0 Å². The second-order valence-corrected chi connectivity index (χ2v) is 4.80. The number of halogens is 1. The first-order valence-corrected chi connectivity index (χ1v) is 6.20. The highest BCUT2D eigenvalue weighted by molar-refractivity contribution is 9.10. The Kier molecular flexibility index (Phi) is 4.18. The molecule has 1 saturated heterocycles. The van der Waals surface area contributed by atoms with Gasteiger partial charge >= 0.3 is 0 Å². The van der Waals surface area contributed by atoms with Gasteiger partial charge in [0.15, 0.2) is 0 Å². The van der Waals surface area contributed by atoms with Gasteiger partial charge in [0, 0.05) is 4.47 Å². The van der Waals surface area contributed by atoms with Crippen LogP contribution in [0.15, 0.2) is 28.7 Å². The molecule has 1 aliphatic heterocycles. The minimum absolute atomic E-state index is 0.440. The van der Waals surface area contributed by atoms with Crippen molar-refractivity contribution in [2.45, 2.75) is 25.6 Å². The standard InChI is InChI=1S/C12H16BrNO/c13-11-3-1-10(2-4-11)9-15-12-5-7-14-8-6-12/h1-4,12,14H,5-9H2. The van der Waals surface area contributed by atoms with Gasteiger partial charge in [-0.25, -0.2) is 0 Å². The zero-order valence-electron chi connectivity index (χ0n) is 8.71. The van der Waals surface area contributed by atoms with Gasteiger partial charge in [0.05, 0.1) is 12.7 Å². The lowest BCUT2D eigenvalue weighted by molar-refractivity contribution is 0.0212. The maximum atomic E-state index is 5.85. The molecule has 0 aliphatic carbocycles. The zero-order valence-corrected chi connectivity index (χ0v) is 10.3. The SMILES string of the molecule is Brc1ccc(COC2CCNCC2)cc1. The minimum Gasteiger partial charge on any atom is -0.373 e. The summed E-state index contributed by atoms with van der Waals surface area (Å²) in [7, 11) is 0. The van der Waals surface area contributed by atoms with E-state index in [1.807, 2.05) is 0 Å². The lowest BCUT2D eigenvalue weighted by Crippen LogP contribution is -2.32. The monoisotopic (exact) mass is 269 g/mol. The predicted molar refractivity (Wildman–Crippen MR) is 64.8 cm³/mol. The molecule has 0 spiro atoms. The highest BCUT2D eigenvalue weighted by Gasteiger charge is 2.12. The molecule has 82 valence electrons. The first kappa shape index (κ1) is 11.1. The number of benzene rings is 1. The van der Waals surface area contributed by atoms with Gasteiger partial charge in [-0.15, -0.1) is 0 Å². The third-order valence-corrected chi connectivity index (χ3v) is 3.21. The summed E-state index contributed by atoms with van der Waals surface area (Å²) in [5, 5.41) is 3.33. The lowest BCUT2D eigenvalue weighted by atomic mass is 10.1. The van der Waals surface area contributed by atoms with Crippen LogP contribution in [0.1, 0.15) is 18.4 Å². The van der Waals surface area contributed by atoms with Gasteiger partial charge in [0.25, 0.3) is 0 Å². The molecular weight excluding hydrogens is 254 g/mol. The van der Waals surface area contributed by atoms with E-state index in [9.17, 15) is 0 Å². The van der Waals surface area contributed by atoms with E-state index in [4.69, 9.17) is 4.74 Å². The van der Waals surface area contributed by atoms with Crippen LogP contribution in [0.3, 0.4) is 0 Å². The average molecular weight is 270 g/mol. The molecule has 0 saturated carbocycles. The molecule has 2 rings (SSSR count). The molecule has 3 heteroatoms. The van der Waals surface area contributed by atoms with Crippen LogP contribution in [-0.2, 0) is 11.3 Å². The van der Waals surface area contributed by atoms with Crippen molar-refractivity contribution in [1.29, 1.82) is 0 Å². The van der Waals surface area contributed by atoms with Crippen LogP contribution in [0.4, 0.5) is 0 Å². The summed E-state index contributed by atoms with van der Waals surface area (Å²) in [5.74, 6) is 0. The van der Waals surface area contributed by atoms with Crippen molar-refractivity contribution in [3.05, 3.63) is 34.3 Å². The Hall–Kier alpha value is -0.380. The van der Waals surface area contributed by atoms with E-state index >= 15 is 0 Å². The van der Waals surface area contributed by atoms with E-state index in [1.54, 1.807) is 0 Å². The van der Waals surface area contributed by atoms with Crippen molar-refractivity contribution in [3.8, 4) is 0 Å². The van der Waals surface area contributed by atoms with E-state index in [0.29, 0.717) is 6.10 Å². The molecule has 1 fully saturated rings. The Bertz CT molecular complexity index is 293. The second-order valence-electron chi connectivity index (χ2n) is 3.89. The first-order valence-electron chi connectivity index (χ1n) is 5.41. The summed E-state index contributed by atoms with van der Waals surface area (Å²) in [6, 6.07) is 8.32. The Balaban J connectivity index is 1.79. The Labute approximate surface area is 99.1 Å². The average Bonchev–Trinajstić information content (AvgIpc) is 2.30. The Morgan fingerprint density at radius 3 is 2.53 bits per heavy atom. The number of hydrogen-bond acceptors (Lipinski definition) is 2. The number of ether oxygens (including phenoxy) is 1. The van der Waals surface area contributed by atoms with Crippen molar-refractivity contribution < 1.29 is 4.74 Å². The first-order chi connectivity index (χ1) is 7.34. The molecule has 1 aromatic rings. The molecule has 1 N–H and O–H groups in total. The normalized spacial score (nSPS) is 17.9. The molecular formula is C12H16BrNO. The van der Waals surface area contributed by atoms with Crippen molar-refractivity contribution in [2.75, 3.05) is 13.1 Å². The van der Waals surface area contributed by atoms with E-state index in [1.165, 1.54) is 5.56 Å². The molecule has 15 heavy (non-hydrogen) atoms. The van der Waals surface area contributed by atoms with Gasteiger partial charge in [-0.1, -0.05) is 28.1 Å². The van der Waals surface area contributed by atoms with Crippen LogP contribution < -0.4 is 5.32 Å². The molecule has 2 nitrogen and oxygen atoms in total. The molecule has 0 aromatic heterocycles. The van der Waals surface area contributed by atoms with Crippen molar-refractivity contribution in [1.82, 2.24) is 5.32 Å². The van der Waals surface area contributed by atoms with Gasteiger partial charge in [-0.05, 0) is 43.6 Å². The summed E-state index contributed by atoms with van der Waals surface area (Å²) in [6.07, 6.45) is 2.71. The molecule has 0 atom stereocenters. The topological polar surface area (TPSA) is 21.3 Å². The van der Waals surface area contributed by atoms with E-state index in [0.717, 1.165) is 37.0 Å². The molecule has 1 aliphatic rings. The maximum Gasteiger partial charge on any atom is 0.0720 e. The second kappa shape index (κ2) is 5.64. The summed E-state index contributed by atoms with van der Waals surface area (Å²) in [5.41, 5.74) is 1.25. The van der Waals surface area contributed by atoms with E-state index in [2.05, 4.69) is 45.5 Å². The lowest BCUT2D eigenvalue weighted by Gasteiger charge is -2.22. The number of hydrogen-bond donors (Lipinski definition) is 1. The fraction of sp³-hybridized carbons (Fsp3) is 0.500. The van der Waals surface area contributed by atoms with E-state index < -0.39 is 0 Å². The summed E-state index contributed by atoms with van der Waals surface area (Å²) in [6.45, 7) is 2.91. The molecule has 1 heterocycles. The molecule has 0 radical (unpaired) electrons. The minimum atomic E-state index is 0.440. The van der Waals surface area contributed by atoms with Gasteiger partial charge in [-0.3, -0.25) is 0 Å². The van der Waals surface area contributed by atoms with Gasteiger partial charge < -0.3 is 10.1 Å². The number of nitrogens with one attached hydrogen (secondary N) is 1. The highest BCUT2D eigenvalue weighted by Crippen LogP contribution is 2.14. The zero-order chi connectivity index (χ0) is 10.5. The van der Waals surface area contributed by atoms with Crippen LogP contribution in [0, 0.1) is 0 Å². The smallest absolute Gasteiger partial charge is 0.0720 e. The fourth-order valence-electron chi connectivity index (χ4n) is 1.76. The Morgan fingerprint density at radius 2 is 1.87 bits per heavy atom. The van der Waals surface area contributed by atoms with Gasteiger partial charge in [0.1, 0.15) is 0 Å². The fourth-order valence-corrected chi connectivity index (χ4v) is 2.02. The third-order valence-electron chi connectivity index (χ3n) is 2.69. The van der Waals surface area contributed by atoms with E-state index in [-0.39, 0.29) is 0 Å². The molecule has 1 aromatic carbocycles. The number of piperidine rings is 1. The molecule has 0 bridgehead atoms. The predicted octanol–water partition coefficient (Wildman–Crippen LogP) is 2.72.